The smallest absolute Gasteiger partial charge is 0.293 e. The number of amides is 2. The number of nitrogens with zero attached hydrogens (tertiary/aromatic N) is 1. The molecule has 0 saturated carbocycles. The van der Waals surface area contributed by atoms with E-state index in [9.17, 15) is 9.59 Å². The Morgan fingerprint density at radius 1 is 1.12 bits per heavy atom. The van der Waals surface area contributed by atoms with E-state index in [1.807, 2.05) is 48.5 Å². The molecule has 3 rings (SSSR count). The third-order valence-corrected chi connectivity index (χ3v) is 4.86. The van der Waals surface area contributed by atoms with Crippen LogP contribution in [0.3, 0.4) is 0 Å². The molecule has 0 unspecified atom stereocenters. The van der Waals surface area contributed by atoms with Gasteiger partial charge >= 0.3 is 0 Å². The number of likely N-dealkylation sites (N-methyl/N-ethyl adjacent to an activating group) is 1. The fourth-order valence-corrected chi connectivity index (χ4v) is 3.41. The van der Waals surface area contributed by atoms with E-state index in [1.54, 1.807) is 13.0 Å². The molecular formula is C19H16ClNO3S. The number of halogens is 1. The SMILES string of the molecule is CCN1C(=O)S/C(=C\c2ccccc2OCc2ccc(Cl)cc2)C1=O. The lowest BCUT2D eigenvalue weighted by Gasteiger charge is -2.10. The van der Waals surface area contributed by atoms with Crippen LogP contribution in [0, 0.1) is 0 Å². The van der Waals surface area contributed by atoms with Crippen molar-refractivity contribution in [3.8, 4) is 5.75 Å². The molecule has 2 amide bonds. The van der Waals surface area contributed by atoms with Crippen molar-refractivity contribution < 1.29 is 14.3 Å². The third-order valence-electron chi connectivity index (χ3n) is 3.70. The maximum Gasteiger partial charge on any atom is 0.293 e. The second kappa shape index (κ2) is 7.76. The predicted molar refractivity (Wildman–Crippen MR) is 101 cm³/mol. The lowest BCUT2D eigenvalue weighted by Crippen LogP contribution is -2.27. The molecule has 1 aliphatic rings. The predicted octanol–water partition coefficient (Wildman–Crippen LogP) is 4.98. The van der Waals surface area contributed by atoms with Gasteiger partial charge in [0.15, 0.2) is 0 Å². The van der Waals surface area contributed by atoms with Gasteiger partial charge in [0.25, 0.3) is 11.1 Å². The Morgan fingerprint density at radius 2 is 1.84 bits per heavy atom. The van der Waals surface area contributed by atoms with Crippen molar-refractivity contribution in [2.75, 3.05) is 6.54 Å². The Balaban J connectivity index is 1.79. The second-order valence-electron chi connectivity index (χ2n) is 5.38. The molecule has 0 atom stereocenters. The normalized spacial score (nSPS) is 15.9. The number of ether oxygens (including phenoxy) is 1. The lowest BCUT2D eigenvalue weighted by molar-refractivity contribution is -0.122. The van der Waals surface area contributed by atoms with Crippen molar-refractivity contribution in [1.82, 2.24) is 4.90 Å². The highest BCUT2D eigenvalue weighted by Gasteiger charge is 2.33. The Labute approximate surface area is 155 Å². The second-order valence-corrected chi connectivity index (χ2v) is 6.81. The molecule has 4 nitrogen and oxygen atoms in total. The first-order chi connectivity index (χ1) is 12.1. The topological polar surface area (TPSA) is 46.6 Å². The number of para-hydroxylation sites is 1. The summed E-state index contributed by atoms with van der Waals surface area (Å²) in [5.74, 6) is 0.394. The van der Waals surface area contributed by atoms with Crippen LogP contribution in [0.2, 0.25) is 5.02 Å². The van der Waals surface area contributed by atoms with Gasteiger partial charge in [-0.1, -0.05) is 41.9 Å². The molecule has 2 aromatic rings. The van der Waals surface area contributed by atoms with Crippen molar-refractivity contribution >= 4 is 40.6 Å². The Bertz CT molecular complexity index is 833. The minimum absolute atomic E-state index is 0.238. The van der Waals surface area contributed by atoms with Gasteiger partial charge in [-0.2, -0.15) is 0 Å². The average molecular weight is 374 g/mol. The zero-order chi connectivity index (χ0) is 17.8. The quantitative estimate of drug-likeness (QED) is 0.694. The molecule has 2 aromatic carbocycles. The number of benzene rings is 2. The first-order valence-corrected chi connectivity index (χ1v) is 8.99. The van der Waals surface area contributed by atoms with E-state index in [0.29, 0.717) is 28.8 Å². The molecule has 6 heteroatoms. The summed E-state index contributed by atoms with van der Waals surface area (Å²) in [6.45, 7) is 2.54. The maximum atomic E-state index is 12.2. The monoisotopic (exact) mass is 373 g/mol. The summed E-state index contributed by atoms with van der Waals surface area (Å²) in [7, 11) is 0. The van der Waals surface area contributed by atoms with E-state index in [2.05, 4.69) is 0 Å². The van der Waals surface area contributed by atoms with Crippen molar-refractivity contribution in [1.29, 1.82) is 0 Å². The van der Waals surface area contributed by atoms with Gasteiger partial charge in [-0.25, -0.2) is 0 Å². The highest BCUT2D eigenvalue weighted by Crippen LogP contribution is 2.33. The van der Waals surface area contributed by atoms with Gasteiger partial charge in [0.2, 0.25) is 0 Å². The van der Waals surface area contributed by atoms with Crippen molar-refractivity contribution in [2.24, 2.45) is 0 Å². The fourth-order valence-electron chi connectivity index (χ4n) is 2.39. The summed E-state index contributed by atoms with van der Waals surface area (Å²) in [6, 6.07) is 14.9. The highest BCUT2D eigenvalue weighted by molar-refractivity contribution is 8.18. The van der Waals surface area contributed by atoms with Gasteiger partial charge in [-0.05, 0) is 48.5 Å². The molecule has 1 saturated heterocycles. The largest absolute Gasteiger partial charge is 0.488 e. The molecule has 1 fully saturated rings. The Hall–Kier alpha value is -2.24. The van der Waals surface area contributed by atoms with E-state index in [1.165, 1.54) is 4.90 Å². The maximum absolute atomic E-state index is 12.2. The first-order valence-electron chi connectivity index (χ1n) is 7.80. The number of rotatable bonds is 5. The van der Waals surface area contributed by atoms with Gasteiger partial charge < -0.3 is 4.74 Å². The van der Waals surface area contributed by atoms with E-state index in [4.69, 9.17) is 16.3 Å². The minimum atomic E-state index is -0.259. The van der Waals surface area contributed by atoms with Crippen LogP contribution < -0.4 is 4.74 Å². The standard InChI is InChI=1S/C19H16ClNO3S/c1-2-21-18(22)17(25-19(21)23)11-14-5-3-4-6-16(14)24-12-13-7-9-15(20)10-8-13/h3-11H,2,12H2,1H3/b17-11-. The Kier molecular flexibility index (Phi) is 5.46. The van der Waals surface area contributed by atoms with Crippen LogP contribution in [0.25, 0.3) is 6.08 Å². The molecule has 128 valence electrons. The van der Waals surface area contributed by atoms with Crippen LogP contribution in [-0.4, -0.2) is 22.6 Å². The van der Waals surface area contributed by atoms with Gasteiger partial charge in [-0.15, -0.1) is 0 Å². The molecule has 0 aromatic heterocycles. The number of carbonyl (C=O) groups excluding carboxylic acids is 2. The molecule has 0 aliphatic carbocycles. The first kappa shape index (κ1) is 17.6. The zero-order valence-corrected chi connectivity index (χ0v) is 15.1. The summed E-state index contributed by atoms with van der Waals surface area (Å²) >= 11 is 6.84. The summed E-state index contributed by atoms with van der Waals surface area (Å²) in [5, 5.41) is 0.439. The highest BCUT2D eigenvalue weighted by atomic mass is 35.5. The molecule has 25 heavy (non-hydrogen) atoms. The Morgan fingerprint density at radius 3 is 2.52 bits per heavy atom. The molecule has 0 bridgehead atoms. The van der Waals surface area contributed by atoms with Crippen molar-refractivity contribution in [2.45, 2.75) is 13.5 Å². The number of hydrogen-bond donors (Lipinski definition) is 0. The van der Waals surface area contributed by atoms with Crippen LogP contribution in [0.5, 0.6) is 5.75 Å². The van der Waals surface area contributed by atoms with E-state index < -0.39 is 0 Å². The molecule has 1 aliphatic heterocycles. The minimum Gasteiger partial charge on any atom is -0.488 e. The number of imide groups is 1. The van der Waals surface area contributed by atoms with Crippen LogP contribution in [0.1, 0.15) is 18.1 Å². The fraction of sp³-hybridized carbons (Fsp3) is 0.158. The summed E-state index contributed by atoms with van der Waals surface area (Å²) in [4.78, 5) is 25.7. The number of thioether (sulfide) groups is 1. The van der Waals surface area contributed by atoms with Crippen LogP contribution in [0.15, 0.2) is 53.4 Å². The third kappa shape index (κ3) is 4.06. The van der Waals surface area contributed by atoms with Gasteiger partial charge in [0.05, 0.1) is 4.91 Å². The van der Waals surface area contributed by atoms with E-state index in [-0.39, 0.29) is 11.1 Å². The summed E-state index contributed by atoms with van der Waals surface area (Å²) in [5.41, 5.74) is 1.75. The summed E-state index contributed by atoms with van der Waals surface area (Å²) < 4.78 is 5.88. The number of hydrogen-bond acceptors (Lipinski definition) is 4. The molecular weight excluding hydrogens is 358 g/mol. The average Bonchev–Trinajstić information content (AvgIpc) is 2.88. The van der Waals surface area contributed by atoms with E-state index in [0.717, 1.165) is 22.9 Å². The van der Waals surface area contributed by atoms with Crippen molar-refractivity contribution in [3.63, 3.8) is 0 Å². The molecule has 0 N–H and O–H groups in total. The number of carbonyl (C=O) groups is 2. The molecule has 0 spiro atoms. The van der Waals surface area contributed by atoms with Crippen LogP contribution in [-0.2, 0) is 11.4 Å². The van der Waals surface area contributed by atoms with Gasteiger partial charge in [-0.3, -0.25) is 14.5 Å². The molecule has 1 heterocycles. The van der Waals surface area contributed by atoms with Crippen LogP contribution >= 0.6 is 23.4 Å². The molecule has 0 radical (unpaired) electrons. The lowest BCUT2D eigenvalue weighted by atomic mass is 10.1. The van der Waals surface area contributed by atoms with Crippen molar-refractivity contribution in [3.05, 3.63) is 69.6 Å². The van der Waals surface area contributed by atoms with Gasteiger partial charge in [0, 0.05) is 17.1 Å². The van der Waals surface area contributed by atoms with Crippen LogP contribution in [0.4, 0.5) is 4.79 Å². The zero-order valence-electron chi connectivity index (χ0n) is 13.6. The summed E-state index contributed by atoms with van der Waals surface area (Å²) in [6.07, 6.45) is 1.71. The van der Waals surface area contributed by atoms with Gasteiger partial charge in [0.1, 0.15) is 12.4 Å². The van der Waals surface area contributed by atoms with E-state index >= 15 is 0 Å².